The van der Waals surface area contributed by atoms with Gasteiger partial charge in [0.05, 0.1) is 0 Å². The van der Waals surface area contributed by atoms with E-state index >= 15 is 0 Å². The minimum Gasteiger partial charge on any atom is -0.237 e. The maximum absolute atomic E-state index is 13.3. The van der Waals surface area contributed by atoms with Crippen LogP contribution in [0.3, 0.4) is 0 Å². The number of benzene rings is 1. The van der Waals surface area contributed by atoms with Crippen LogP contribution >= 0.6 is 0 Å². The molecule has 0 radical (unpaired) electrons. The van der Waals surface area contributed by atoms with Crippen LogP contribution in [0.15, 0.2) is 30.6 Å². The van der Waals surface area contributed by atoms with E-state index in [9.17, 15) is 22.0 Å². The summed E-state index contributed by atoms with van der Waals surface area (Å²) in [5.74, 6) is -3.43. The van der Waals surface area contributed by atoms with E-state index in [4.69, 9.17) is 0 Å². The molecule has 0 atom stereocenters. The summed E-state index contributed by atoms with van der Waals surface area (Å²) in [7, 11) is 0. The molecule has 1 aromatic heterocycles. The molecule has 1 heterocycles. The number of halogens is 5. The van der Waals surface area contributed by atoms with Gasteiger partial charge in [0.2, 0.25) is 0 Å². The molecule has 0 aliphatic carbocycles. The van der Waals surface area contributed by atoms with Gasteiger partial charge in [0, 0.05) is 18.0 Å². The first-order valence-electron chi connectivity index (χ1n) is 4.73. The predicted molar refractivity (Wildman–Crippen MR) is 52.4 cm³/mol. The second-order valence-corrected chi connectivity index (χ2v) is 3.39. The monoisotopic (exact) mass is 260 g/mol. The van der Waals surface area contributed by atoms with E-state index in [2.05, 4.69) is 9.97 Å². The molecule has 2 nitrogen and oxygen atoms in total. The third-order valence-corrected chi connectivity index (χ3v) is 2.15. The maximum Gasteiger partial charge on any atom is 0.422 e. The zero-order chi connectivity index (χ0) is 13.3. The Hall–Kier alpha value is -2.05. The first kappa shape index (κ1) is 12.4. The Morgan fingerprint density at radius 3 is 1.83 bits per heavy atom. The van der Waals surface area contributed by atoms with Gasteiger partial charge in [0.15, 0.2) is 5.82 Å². The zero-order valence-electron chi connectivity index (χ0n) is 8.67. The Kier molecular flexibility index (Phi) is 2.98. The van der Waals surface area contributed by atoms with Crippen molar-refractivity contribution in [2.24, 2.45) is 0 Å². The predicted octanol–water partition coefficient (Wildman–Crippen LogP) is 3.44. The van der Waals surface area contributed by atoms with Crippen molar-refractivity contribution in [1.82, 2.24) is 9.97 Å². The molecule has 0 amide bonds. The van der Waals surface area contributed by atoms with Crippen LogP contribution in [0.4, 0.5) is 22.0 Å². The lowest BCUT2D eigenvalue weighted by atomic mass is 10.1. The second-order valence-electron chi connectivity index (χ2n) is 3.39. The van der Waals surface area contributed by atoms with Gasteiger partial charge in [-0.3, -0.25) is 0 Å². The highest BCUT2D eigenvalue weighted by molar-refractivity contribution is 5.55. The van der Waals surface area contributed by atoms with Gasteiger partial charge in [-0.2, -0.15) is 13.2 Å². The third-order valence-electron chi connectivity index (χ3n) is 2.15. The van der Waals surface area contributed by atoms with Crippen molar-refractivity contribution in [2.45, 2.75) is 6.18 Å². The second kappa shape index (κ2) is 4.32. The van der Waals surface area contributed by atoms with E-state index < -0.39 is 23.4 Å². The molecule has 1 aromatic carbocycles. The Labute approximate surface area is 98.1 Å². The molecule has 0 aliphatic rings. The van der Waals surface area contributed by atoms with Gasteiger partial charge in [-0.05, 0) is 18.2 Å². The summed E-state index contributed by atoms with van der Waals surface area (Å²) in [6, 6.07) is 2.59. The van der Waals surface area contributed by atoms with Crippen LogP contribution in [0.5, 0.6) is 0 Å². The lowest BCUT2D eigenvalue weighted by Crippen LogP contribution is -2.11. The van der Waals surface area contributed by atoms with E-state index in [0.717, 1.165) is 0 Å². The van der Waals surface area contributed by atoms with E-state index in [1.54, 1.807) is 0 Å². The van der Waals surface area contributed by atoms with Crippen molar-refractivity contribution in [1.29, 1.82) is 0 Å². The number of hydrogen-bond acceptors (Lipinski definition) is 2. The van der Waals surface area contributed by atoms with E-state index in [-0.39, 0.29) is 11.4 Å². The molecule has 2 aromatic rings. The molecule has 0 bridgehead atoms. The fraction of sp³-hybridized carbons (Fsp3) is 0.0909. The summed E-state index contributed by atoms with van der Waals surface area (Å²) in [5, 5.41) is 0. The number of aromatic nitrogens is 2. The molecule has 94 valence electrons. The highest BCUT2D eigenvalue weighted by Crippen LogP contribution is 2.35. The van der Waals surface area contributed by atoms with Gasteiger partial charge in [-0.15, -0.1) is 0 Å². The van der Waals surface area contributed by atoms with Crippen LogP contribution < -0.4 is 0 Å². The first-order valence-corrected chi connectivity index (χ1v) is 4.73. The SMILES string of the molecule is Fc1cc(-c2ncccn2)cc(F)c1C(F)(F)F. The topological polar surface area (TPSA) is 25.8 Å². The van der Waals surface area contributed by atoms with E-state index in [1.807, 2.05) is 0 Å². The van der Waals surface area contributed by atoms with Crippen LogP contribution in [-0.4, -0.2) is 9.97 Å². The van der Waals surface area contributed by atoms with Gasteiger partial charge in [0.25, 0.3) is 0 Å². The average molecular weight is 260 g/mol. The molecule has 7 heteroatoms. The molecule has 0 saturated heterocycles. The summed E-state index contributed by atoms with van der Waals surface area (Å²) in [5.41, 5.74) is -2.07. The summed E-state index contributed by atoms with van der Waals surface area (Å²) < 4.78 is 63.6. The average Bonchev–Trinajstić information content (AvgIpc) is 2.27. The number of nitrogens with zero attached hydrogens (tertiary/aromatic N) is 2. The van der Waals surface area contributed by atoms with Crippen LogP contribution in [-0.2, 0) is 6.18 Å². The molecule has 0 fully saturated rings. The number of hydrogen-bond donors (Lipinski definition) is 0. The van der Waals surface area contributed by atoms with Crippen molar-refractivity contribution in [3.05, 3.63) is 47.8 Å². The van der Waals surface area contributed by atoms with Gasteiger partial charge in [0.1, 0.15) is 17.2 Å². The van der Waals surface area contributed by atoms with Crippen molar-refractivity contribution < 1.29 is 22.0 Å². The fourth-order valence-corrected chi connectivity index (χ4v) is 1.42. The lowest BCUT2D eigenvalue weighted by molar-refractivity contribution is -0.142. The zero-order valence-corrected chi connectivity index (χ0v) is 8.67. The van der Waals surface area contributed by atoms with Crippen LogP contribution in [0.1, 0.15) is 5.56 Å². The van der Waals surface area contributed by atoms with Crippen molar-refractivity contribution in [3.8, 4) is 11.4 Å². The molecule has 0 saturated carbocycles. The normalized spacial score (nSPS) is 11.6. The lowest BCUT2D eigenvalue weighted by Gasteiger charge is -2.10. The minimum absolute atomic E-state index is 0.0518. The highest BCUT2D eigenvalue weighted by Gasteiger charge is 2.38. The Morgan fingerprint density at radius 2 is 1.39 bits per heavy atom. The largest absolute Gasteiger partial charge is 0.422 e. The van der Waals surface area contributed by atoms with Crippen molar-refractivity contribution >= 4 is 0 Å². The van der Waals surface area contributed by atoms with Crippen LogP contribution in [0.25, 0.3) is 11.4 Å². The Balaban J connectivity index is 2.57. The van der Waals surface area contributed by atoms with E-state index in [1.165, 1.54) is 18.5 Å². The Morgan fingerprint density at radius 1 is 0.889 bits per heavy atom. The molecular formula is C11H5F5N2. The van der Waals surface area contributed by atoms with Crippen LogP contribution in [0, 0.1) is 11.6 Å². The standard InChI is InChI=1S/C11H5F5N2/c12-7-4-6(10-17-2-1-3-18-10)5-8(13)9(7)11(14,15)16/h1-5H. The van der Waals surface area contributed by atoms with E-state index in [0.29, 0.717) is 12.1 Å². The molecule has 0 unspecified atom stereocenters. The number of rotatable bonds is 1. The van der Waals surface area contributed by atoms with Crippen molar-refractivity contribution in [3.63, 3.8) is 0 Å². The van der Waals surface area contributed by atoms with Crippen LogP contribution in [0.2, 0.25) is 0 Å². The smallest absolute Gasteiger partial charge is 0.237 e. The molecular weight excluding hydrogens is 255 g/mol. The summed E-state index contributed by atoms with van der Waals surface area (Å²) in [4.78, 5) is 7.39. The first-order chi connectivity index (χ1) is 8.39. The molecule has 0 aliphatic heterocycles. The maximum atomic E-state index is 13.3. The van der Waals surface area contributed by atoms with Gasteiger partial charge < -0.3 is 0 Å². The highest BCUT2D eigenvalue weighted by atomic mass is 19.4. The summed E-state index contributed by atoms with van der Waals surface area (Å²) in [6.45, 7) is 0. The van der Waals surface area contributed by atoms with Crippen molar-refractivity contribution in [2.75, 3.05) is 0 Å². The summed E-state index contributed by atoms with van der Waals surface area (Å²) >= 11 is 0. The molecule has 0 N–H and O–H groups in total. The Bertz CT molecular complexity index is 542. The minimum atomic E-state index is -5.08. The number of alkyl halides is 3. The third kappa shape index (κ3) is 2.29. The molecule has 2 rings (SSSR count). The fourth-order valence-electron chi connectivity index (χ4n) is 1.42. The molecule has 0 spiro atoms. The van der Waals surface area contributed by atoms with Gasteiger partial charge in [-0.1, -0.05) is 0 Å². The molecule has 18 heavy (non-hydrogen) atoms. The van der Waals surface area contributed by atoms with Gasteiger partial charge >= 0.3 is 6.18 Å². The van der Waals surface area contributed by atoms with Gasteiger partial charge in [-0.25, -0.2) is 18.7 Å². The summed E-state index contributed by atoms with van der Waals surface area (Å²) in [6.07, 6.45) is -2.45. The quantitative estimate of drug-likeness (QED) is 0.734.